The van der Waals surface area contributed by atoms with Crippen molar-refractivity contribution >= 4 is 56.1 Å². The van der Waals surface area contributed by atoms with Crippen molar-refractivity contribution in [3.63, 3.8) is 0 Å². The number of amides is 2. The molecule has 0 unspecified atom stereocenters. The van der Waals surface area contributed by atoms with Crippen molar-refractivity contribution in [2.75, 3.05) is 24.5 Å². The third-order valence-corrected chi connectivity index (χ3v) is 11.2. The lowest BCUT2D eigenvalue weighted by molar-refractivity contribution is 0.0949. The van der Waals surface area contributed by atoms with Crippen LogP contribution in [0.1, 0.15) is 123 Å². The molecule has 10 nitrogen and oxygen atoms in total. The highest BCUT2D eigenvalue weighted by atomic mass is 16.6. The second-order valence-corrected chi connectivity index (χ2v) is 15.9. The maximum Gasteiger partial charge on any atom is 0.255 e. The van der Waals surface area contributed by atoms with Crippen LogP contribution in [0.3, 0.4) is 0 Å². The smallest absolute Gasteiger partial charge is 0.255 e. The summed E-state index contributed by atoms with van der Waals surface area (Å²) in [4.78, 5) is 33.2. The van der Waals surface area contributed by atoms with E-state index in [2.05, 4.69) is 33.3 Å². The van der Waals surface area contributed by atoms with Gasteiger partial charge >= 0.3 is 0 Å². The highest BCUT2D eigenvalue weighted by Gasteiger charge is 2.20. The summed E-state index contributed by atoms with van der Waals surface area (Å²) in [7, 11) is 1.54. The average Bonchev–Trinajstić information content (AvgIpc) is 3.30. The van der Waals surface area contributed by atoms with Crippen molar-refractivity contribution in [3.05, 3.63) is 132 Å². The van der Waals surface area contributed by atoms with E-state index in [9.17, 15) is 14.7 Å². The molecule has 6 aromatic rings. The molecule has 0 spiro atoms. The number of unbranched alkanes of at least 4 members (excludes halogenated alkanes) is 13. The number of phenolic OH excluding ortho intramolecular Hbond substituents is 1. The fraction of sp³-hybridized carbons (Fsp3) is 0.346. The normalized spacial score (nSPS) is 11.3. The number of carbonyl (C=O) groups is 2. The zero-order valence-electron chi connectivity index (χ0n) is 36.3. The second-order valence-electron chi connectivity index (χ2n) is 15.9. The summed E-state index contributed by atoms with van der Waals surface area (Å²) >= 11 is 0. The van der Waals surface area contributed by atoms with Gasteiger partial charge in [0, 0.05) is 28.6 Å². The van der Waals surface area contributed by atoms with Crippen LogP contribution in [0.25, 0.3) is 21.5 Å². The fourth-order valence-corrected chi connectivity index (χ4v) is 7.65. The second kappa shape index (κ2) is 24.3. The Hall–Kier alpha value is -6.26. The van der Waals surface area contributed by atoms with Gasteiger partial charge in [-0.15, -0.1) is 10.2 Å². The molecule has 6 aromatic carbocycles. The number of carbonyl (C=O) groups excluding carboxylic acids is 2. The number of para-hydroxylation sites is 1. The zero-order chi connectivity index (χ0) is 43.4. The van der Waals surface area contributed by atoms with Gasteiger partial charge in [-0.3, -0.25) is 19.9 Å². The number of azo groups is 1. The molecule has 0 aliphatic rings. The number of hydrogen-bond acceptors (Lipinski definition) is 8. The van der Waals surface area contributed by atoms with Crippen LogP contribution in [0.2, 0.25) is 0 Å². The minimum atomic E-state index is -0.427. The van der Waals surface area contributed by atoms with Gasteiger partial charge in [0.25, 0.3) is 11.8 Å². The maximum absolute atomic E-state index is 13.7. The summed E-state index contributed by atoms with van der Waals surface area (Å²) < 4.78 is 5.60. The van der Waals surface area contributed by atoms with Crippen molar-refractivity contribution < 1.29 is 24.3 Å². The molecule has 0 aromatic heterocycles. The summed E-state index contributed by atoms with van der Waals surface area (Å²) in [5.74, 6) is -0.581. The van der Waals surface area contributed by atoms with Crippen LogP contribution >= 0.6 is 0 Å². The molecule has 0 aliphatic heterocycles. The molecule has 324 valence electrons. The lowest BCUT2D eigenvalue weighted by atomic mass is 10.00. The summed E-state index contributed by atoms with van der Waals surface area (Å²) in [6.07, 6.45) is 17.5. The number of fused-ring (bicyclic) bond motifs is 2. The number of benzene rings is 6. The molecule has 0 heterocycles. The van der Waals surface area contributed by atoms with Gasteiger partial charge in [0.2, 0.25) is 0 Å². The van der Waals surface area contributed by atoms with Crippen LogP contribution < -0.4 is 20.9 Å². The molecule has 4 N–H and O–H groups in total. The molecule has 2 amide bonds. The Labute approximate surface area is 366 Å². The molecule has 0 aliphatic carbocycles. The van der Waals surface area contributed by atoms with E-state index in [1.165, 1.54) is 70.6 Å². The topological polar surface area (TPSA) is 134 Å². The van der Waals surface area contributed by atoms with Gasteiger partial charge in [-0.05, 0) is 71.3 Å². The Morgan fingerprint density at radius 1 is 0.629 bits per heavy atom. The standard InChI is InChI=1S/C52H61N5O5/c1-3-4-5-6-7-8-9-10-11-12-13-14-15-21-33-53-52(60)45-36-41-35-40(51(59)54-46-28-22-24-39-23-19-20-27-43(39)46)30-31-44(41)49(50(45)58)56-55-47-34-38(29-32-48(47)61-2)37-62-57-42-25-17-16-18-26-42/h16-20,22-32,34-36,57-58H,3-15,21,33,37H2,1-2H3,(H,53,60)(H,54,59). The van der Waals surface area contributed by atoms with Crippen molar-refractivity contribution in [1.29, 1.82) is 0 Å². The first-order valence-corrected chi connectivity index (χ1v) is 22.3. The number of ether oxygens (including phenoxy) is 1. The third-order valence-electron chi connectivity index (χ3n) is 11.2. The van der Waals surface area contributed by atoms with E-state index in [1.807, 2.05) is 78.9 Å². The minimum absolute atomic E-state index is 0.0459. The molecule has 62 heavy (non-hydrogen) atoms. The molecule has 0 saturated carbocycles. The molecule has 0 saturated heterocycles. The highest BCUT2D eigenvalue weighted by molar-refractivity contribution is 6.12. The maximum atomic E-state index is 13.7. The van der Waals surface area contributed by atoms with Crippen molar-refractivity contribution in [2.45, 2.75) is 103 Å². The number of nitrogens with one attached hydrogen (secondary N) is 3. The average molecular weight is 836 g/mol. The van der Waals surface area contributed by atoms with Crippen molar-refractivity contribution in [1.82, 2.24) is 5.32 Å². The van der Waals surface area contributed by atoms with Gasteiger partial charge in [0.1, 0.15) is 17.1 Å². The molecule has 0 fully saturated rings. The third kappa shape index (κ3) is 13.1. The number of aromatic hydroxyl groups is 1. The summed E-state index contributed by atoms with van der Waals surface area (Å²) in [6.45, 7) is 2.97. The Morgan fingerprint density at radius 2 is 1.31 bits per heavy atom. The number of hydrogen-bond donors (Lipinski definition) is 4. The first-order valence-electron chi connectivity index (χ1n) is 22.3. The van der Waals surface area contributed by atoms with Gasteiger partial charge in [0.05, 0.1) is 25.0 Å². The fourth-order valence-electron chi connectivity index (χ4n) is 7.65. The predicted molar refractivity (Wildman–Crippen MR) is 252 cm³/mol. The number of nitrogens with zero attached hydrogens (tertiary/aromatic N) is 2. The molecular weight excluding hydrogens is 775 g/mol. The molecule has 0 bridgehead atoms. The quantitative estimate of drug-likeness (QED) is 0.0258. The van der Waals surface area contributed by atoms with Gasteiger partial charge in [-0.1, -0.05) is 157 Å². The predicted octanol–water partition coefficient (Wildman–Crippen LogP) is 14.1. The van der Waals surface area contributed by atoms with E-state index in [-0.39, 0.29) is 29.5 Å². The van der Waals surface area contributed by atoms with E-state index >= 15 is 0 Å². The lowest BCUT2D eigenvalue weighted by Crippen LogP contribution is -2.24. The van der Waals surface area contributed by atoms with Crippen LogP contribution in [-0.2, 0) is 11.4 Å². The Kier molecular flexibility index (Phi) is 17.7. The van der Waals surface area contributed by atoms with Gasteiger partial charge in [0.15, 0.2) is 5.75 Å². The van der Waals surface area contributed by atoms with Gasteiger partial charge in [-0.25, -0.2) is 0 Å². The molecule has 6 rings (SSSR count). The monoisotopic (exact) mass is 835 g/mol. The van der Waals surface area contributed by atoms with Gasteiger partial charge in [-0.2, -0.15) is 0 Å². The number of rotatable bonds is 25. The number of anilines is 2. The van der Waals surface area contributed by atoms with Crippen LogP contribution in [0.5, 0.6) is 11.5 Å². The first kappa shape index (κ1) is 45.3. The van der Waals surface area contributed by atoms with Crippen molar-refractivity contribution in [3.8, 4) is 11.5 Å². The summed E-state index contributed by atoms with van der Waals surface area (Å²) in [6, 6.07) is 35.3. The summed E-state index contributed by atoms with van der Waals surface area (Å²) in [5.41, 5.74) is 6.17. The van der Waals surface area contributed by atoms with E-state index < -0.39 is 5.91 Å². The molecule has 10 heteroatoms. The van der Waals surface area contributed by atoms with Gasteiger partial charge < -0.3 is 20.5 Å². The highest BCUT2D eigenvalue weighted by Crippen LogP contribution is 2.41. The van der Waals surface area contributed by atoms with Crippen LogP contribution in [0.4, 0.5) is 22.7 Å². The van der Waals surface area contributed by atoms with Crippen LogP contribution in [0, 0.1) is 0 Å². The number of methoxy groups -OCH3 is 1. The van der Waals surface area contributed by atoms with E-state index in [0.29, 0.717) is 40.0 Å². The molecule has 0 radical (unpaired) electrons. The van der Waals surface area contributed by atoms with E-state index in [1.54, 1.807) is 43.5 Å². The first-order chi connectivity index (χ1) is 30.4. The summed E-state index contributed by atoms with van der Waals surface area (Å²) in [5, 5.41) is 29.8. The van der Waals surface area contributed by atoms with Crippen molar-refractivity contribution in [2.24, 2.45) is 10.2 Å². The Bertz CT molecular complexity index is 2390. The number of phenols is 1. The lowest BCUT2D eigenvalue weighted by Gasteiger charge is -2.13. The Morgan fingerprint density at radius 3 is 2.03 bits per heavy atom. The van der Waals surface area contributed by atoms with E-state index in [0.717, 1.165) is 41.3 Å². The molecule has 0 atom stereocenters. The largest absolute Gasteiger partial charge is 0.505 e. The SMILES string of the molecule is CCCCCCCCCCCCCCCCNC(=O)c1cc2cc(C(=O)Nc3cccc4ccccc34)ccc2c(N=Nc2cc(CONc3ccccc3)ccc2OC)c1O. The minimum Gasteiger partial charge on any atom is -0.505 e. The zero-order valence-corrected chi connectivity index (χ0v) is 36.3. The van der Waals surface area contributed by atoms with Crippen LogP contribution in [0.15, 0.2) is 125 Å². The van der Waals surface area contributed by atoms with E-state index in [4.69, 9.17) is 9.57 Å². The van der Waals surface area contributed by atoms with Crippen LogP contribution in [-0.4, -0.2) is 30.6 Å². The molecular formula is C52H61N5O5. The Balaban J connectivity index is 1.15.